The molecule has 2 heterocycles. The van der Waals surface area contributed by atoms with E-state index in [-0.39, 0.29) is 0 Å². The fraction of sp³-hybridized carbons (Fsp3) is 0.312. The van der Waals surface area contributed by atoms with Crippen molar-refractivity contribution >= 4 is 39.8 Å². The Morgan fingerprint density at radius 1 is 1.27 bits per heavy atom. The van der Waals surface area contributed by atoms with Crippen molar-refractivity contribution in [2.75, 3.05) is 36.6 Å². The van der Waals surface area contributed by atoms with E-state index < -0.39 is 0 Å². The lowest BCUT2D eigenvalue weighted by molar-refractivity contribution is 0.123. The van der Waals surface area contributed by atoms with Gasteiger partial charge in [-0.1, -0.05) is 17.7 Å². The molecule has 1 aliphatic heterocycles. The molecule has 2 aromatic rings. The number of nitrogens with one attached hydrogen (secondary N) is 1. The quantitative estimate of drug-likeness (QED) is 0.678. The lowest BCUT2D eigenvalue weighted by Crippen LogP contribution is -2.35. The van der Waals surface area contributed by atoms with E-state index in [1.807, 2.05) is 31.3 Å². The van der Waals surface area contributed by atoms with Crippen LogP contribution < -0.4 is 10.3 Å². The molecule has 116 valence electrons. The normalized spacial score (nSPS) is 15.5. The molecular weight excluding hydrogens is 318 g/mol. The van der Waals surface area contributed by atoms with Crippen LogP contribution in [-0.4, -0.2) is 32.5 Å². The van der Waals surface area contributed by atoms with Gasteiger partial charge in [0, 0.05) is 23.0 Å². The molecular formula is C16H18ClN3OS. The van der Waals surface area contributed by atoms with Crippen LogP contribution in [0.25, 0.3) is 0 Å². The summed E-state index contributed by atoms with van der Waals surface area (Å²) in [4.78, 5) is 3.46. The van der Waals surface area contributed by atoms with Crippen LogP contribution in [0, 0.1) is 6.92 Å². The number of benzene rings is 1. The summed E-state index contributed by atoms with van der Waals surface area (Å²) in [5, 5.41) is 6.28. The van der Waals surface area contributed by atoms with Gasteiger partial charge in [-0.05, 0) is 36.8 Å². The van der Waals surface area contributed by atoms with Crippen LogP contribution in [0.2, 0.25) is 5.02 Å². The van der Waals surface area contributed by atoms with Crippen LogP contribution >= 0.6 is 22.9 Å². The number of hydrogen-bond donors (Lipinski definition) is 1. The Hall–Kier alpha value is -1.56. The molecule has 6 heteroatoms. The zero-order valence-electron chi connectivity index (χ0n) is 12.4. The lowest BCUT2D eigenvalue weighted by Gasteiger charge is -2.27. The molecule has 0 saturated carbocycles. The van der Waals surface area contributed by atoms with E-state index in [2.05, 4.69) is 27.6 Å². The monoisotopic (exact) mass is 335 g/mol. The Bertz CT molecular complexity index is 665. The summed E-state index contributed by atoms with van der Waals surface area (Å²) in [5.41, 5.74) is 4.95. The molecule has 0 amide bonds. The molecule has 0 bridgehead atoms. The minimum Gasteiger partial charge on any atom is -0.378 e. The second-order valence-electron chi connectivity index (χ2n) is 5.11. The van der Waals surface area contributed by atoms with E-state index >= 15 is 0 Å². The summed E-state index contributed by atoms with van der Waals surface area (Å²) in [5.74, 6) is 0. The van der Waals surface area contributed by atoms with Gasteiger partial charge in [-0.3, -0.25) is 5.43 Å². The summed E-state index contributed by atoms with van der Waals surface area (Å²) in [6, 6.07) is 10.0. The molecule has 3 rings (SSSR count). The van der Waals surface area contributed by atoms with Crippen molar-refractivity contribution in [3.63, 3.8) is 0 Å². The van der Waals surface area contributed by atoms with Gasteiger partial charge in [0.25, 0.3) is 0 Å². The van der Waals surface area contributed by atoms with Crippen LogP contribution in [0.5, 0.6) is 0 Å². The highest BCUT2D eigenvalue weighted by Gasteiger charge is 2.12. The lowest BCUT2D eigenvalue weighted by atomic mass is 10.2. The Morgan fingerprint density at radius 2 is 2.09 bits per heavy atom. The molecule has 0 radical (unpaired) electrons. The minimum absolute atomic E-state index is 0.742. The molecule has 0 spiro atoms. The van der Waals surface area contributed by atoms with E-state index in [1.54, 1.807) is 11.3 Å². The van der Waals surface area contributed by atoms with E-state index in [9.17, 15) is 0 Å². The van der Waals surface area contributed by atoms with Gasteiger partial charge in [0.15, 0.2) is 0 Å². The van der Waals surface area contributed by atoms with Crippen molar-refractivity contribution in [3.05, 3.63) is 45.8 Å². The topological polar surface area (TPSA) is 36.9 Å². The van der Waals surface area contributed by atoms with Gasteiger partial charge in [0.1, 0.15) is 0 Å². The maximum Gasteiger partial charge on any atom is 0.0916 e. The third-order valence-electron chi connectivity index (χ3n) is 3.49. The molecule has 1 aromatic heterocycles. The van der Waals surface area contributed by atoms with Gasteiger partial charge in [0.05, 0.1) is 30.1 Å². The summed E-state index contributed by atoms with van der Waals surface area (Å²) >= 11 is 7.83. The highest BCUT2D eigenvalue weighted by atomic mass is 35.5. The third kappa shape index (κ3) is 3.80. The standard InChI is InChI=1S/C16H18ClN3OS/c1-12-2-3-13(10-15(12)17)19-18-11-14-4-5-16(22-14)20-6-8-21-9-7-20/h2-5,10-11,19H,6-9H2,1H3/b18-11-. The molecule has 0 atom stereocenters. The number of morpholine rings is 1. The molecule has 0 aliphatic carbocycles. The predicted octanol–water partition coefficient (Wildman–Crippen LogP) is 3.99. The fourth-order valence-corrected chi connectivity index (χ4v) is 3.31. The van der Waals surface area contributed by atoms with Crippen molar-refractivity contribution in [1.29, 1.82) is 0 Å². The van der Waals surface area contributed by atoms with Crippen molar-refractivity contribution in [1.82, 2.24) is 0 Å². The molecule has 22 heavy (non-hydrogen) atoms. The number of aryl methyl sites for hydroxylation is 1. The first kappa shape index (κ1) is 15.3. The highest BCUT2D eigenvalue weighted by molar-refractivity contribution is 7.17. The largest absolute Gasteiger partial charge is 0.378 e. The summed E-state index contributed by atoms with van der Waals surface area (Å²) in [6.07, 6.45) is 1.84. The highest BCUT2D eigenvalue weighted by Crippen LogP contribution is 2.26. The summed E-state index contributed by atoms with van der Waals surface area (Å²) in [6.45, 7) is 5.50. The van der Waals surface area contributed by atoms with E-state index in [0.717, 1.165) is 47.5 Å². The molecule has 1 saturated heterocycles. The second kappa shape index (κ2) is 7.13. The molecule has 1 aliphatic rings. The van der Waals surface area contributed by atoms with Crippen LogP contribution in [-0.2, 0) is 4.74 Å². The predicted molar refractivity (Wildman–Crippen MR) is 94.8 cm³/mol. The number of anilines is 2. The van der Waals surface area contributed by atoms with Crippen LogP contribution in [0.4, 0.5) is 10.7 Å². The maximum absolute atomic E-state index is 6.09. The van der Waals surface area contributed by atoms with Gasteiger partial charge in [-0.15, -0.1) is 11.3 Å². The van der Waals surface area contributed by atoms with Crippen LogP contribution in [0.1, 0.15) is 10.4 Å². The van der Waals surface area contributed by atoms with E-state index in [4.69, 9.17) is 16.3 Å². The number of rotatable bonds is 4. The number of halogens is 1. The van der Waals surface area contributed by atoms with Gasteiger partial charge in [-0.2, -0.15) is 5.10 Å². The number of nitrogens with zero attached hydrogens (tertiary/aromatic N) is 2. The first-order valence-corrected chi connectivity index (χ1v) is 8.39. The molecule has 1 fully saturated rings. The Labute approximate surface area is 139 Å². The third-order valence-corrected chi connectivity index (χ3v) is 4.98. The van der Waals surface area contributed by atoms with Gasteiger partial charge >= 0.3 is 0 Å². The van der Waals surface area contributed by atoms with Crippen molar-refractivity contribution < 1.29 is 4.74 Å². The smallest absolute Gasteiger partial charge is 0.0916 e. The van der Waals surface area contributed by atoms with Crippen molar-refractivity contribution in [2.45, 2.75) is 6.92 Å². The minimum atomic E-state index is 0.742. The SMILES string of the molecule is Cc1ccc(N/N=C\c2ccc(N3CCOCC3)s2)cc1Cl. The molecule has 1 aromatic carbocycles. The van der Waals surface area contributed by atoms with Crippen molar-refractivity contribution in [3.8, 4) is 0 Å². The summed E-state index contributed by atoms with van der Waals surface area (Å²) in [7, 11) is 0. The maximum atomic E-state index is 6.09. The Morgan fingerprint density at radius 3 is 2.86 bits per heavy atom. The second-order valence-corrected chi connectivity index (χ2v) is 6.61. The van der Waals surface area contributed by atoms with Gasteiger partial charge in [-0.25, -0.2) is 0 Å². The number of thiophene rings is 1. The van der Waals surface area contributed by atoms with E-state index in [0.29, 0.717) is 0 Å². The zero-order chi connectivity index (χ0) is 15.4. The van der Waals surface area contributed by atoms with Crippen molar-refractivity contribution in [2.24, 2.45) is 5.10 Å². The first-order valence-electron chi connectivity index (χ1n) is 7.20. The average molecular weight is 336 g/mol. The zero-order valence-corrected chi connectivity index (χ0v) is 14.0. The molecule has 0 unspecified atom stereocenters. The van der Waals surface area contributed by atoms with Crippen LogP contribution in [0.15, 0.2) is 35.4 Å². The molecule has 1 N–H and O–H groups in total. The fourth-order valence-electron chi connectivity index (χ4n) is 2.20. The van der Waals surface area contributed by atoms with E-state index in [1.165, 1.54) is 5.00 Å². The number of hydrazone groups is 1. The van der Waals surface area contributed by atoms with Gasteiger partial charge in [0.2, 0.25) is 0 Å². The first-order chi connectivity index (χ1) is 10.7. The van der Waals surface area contributed by atoms with Crippen LogP contribution in [0.3, 0.4) is 0 Å². The average Bonchev–Trinajstić information content (AvgIpc) is 3.01. The Balaban J connectivity index is 1.60. The Kier molecular flexibility index (Phi) is 4.97. The number of hydrogen-bond acceptors (Lipinski definition) is 5. The number of ether oxygens (including phenoxy) is 1. The summed E-state index contributed by atoms with van der Waals surface area (Å²) < 4.78 is 5.38. The van der Waals surface area contributed by atoms with Gasteiger partial charge < -0.3 is 9.64 Å². The molecule has 4 nitrogen and oxygen atoms in total.